The molecule has 0 unspecified atom stereocenters. The number of carbonyl (C=O) groups is 2. The Bertz CT molecular complexity index is 1440. The smallest absolute Gasteiger partial charge is 0.250 e. The van der Waals surface area contributed by atoms with Gasteiger partial charge in [-0.1, -0.05) is 12.1 Å². The van der Waals surface area contributed by atoms with E-state index in [1.165, 1.54) is 9.70 Å². The van der Waals surface area contributed by atoms with Crippen molar-refractivity contribution in [2.45, 2.75) is 51.9 Å². The molecule has 0 spiro atoms. The molecule has 2 atom stereocenters. The van der Waals surface area contributed by atoms with E-state index in [0.29, 0.717) is 41.9 Å². The van der Waals surface area contributed by atoms with Gasteiger partial charge in [0.15, 0.2) is 11.8 Å². The van der Waals surface area contributed by atoms with Crippen LogP contribution in [0.25, 0.3) is 11.6 Å². The highest BCUT2D eigenvalue weighted by Crippen LogP contribution is 2.27. The van der Waals surface area contributed by atoms with Gasteiger partial charge in [-0.05, 0) is 73.9 Å². The number of tetrazole rings is 1. The largest absolute Gasteiger partial charge is 0.497 e. The quantitative estimate of drug-likeness (QED) is 0.299. The average Bonchev–Trinajstić information content (AvgIpc) is 3.77. The van der Waals surface area contributed by atoms with E-state index in [9.17, 15) is 9.59 Å². The van der Waals surface area contributed by atoms with Gasteiger partial charge < -0.3 is 28.5 Å². The lowest BCUT2D eigenvalue weighted by Gasteiger charge is -2.30. The van der Waals surface area contributed by atoms with Crippen LogP contribution in [0.15, 0.2) is 57.4 Å². The summed E-state index contributed by atoms with van der Waals surface area (Å²) in [6.45, 7) is 4.49. The van der Waals surface area contributed by atoms with Crippen molar-refractivity contribution in [1.82, 2.24) is 30.4 Å². The predicted octanol–water partition coefficient (Wildman–Crippen LogP) is 3.22. The monoisotopic (exact) mass is 548 g/mol. The van der Waals surface area contributed by atoms with Crippen LogP contribution in [0.1, 0.15) is 41.7 Å². The summed E-state index contributed by atoms with van der Waals surface area (Å²) >= 11 is 0. The number of nitrogens with one attached hydrogen (secondary N) is 1. The molecule has 210 valence electrons. The molecule has 1 fully saturated rings. The lowest BCUT2D eigenvalue weighted by atomic mass is 10.1. The SMILES string of the molecule is COc1ccc(CN(C(=O)Cn2nnc(-c3ccc(C)o3)n2)[C@@H](C(=O)NC[C@H]2CCCO2)c2ccc(C)o2)cc1. The topological polar surface area (TPSA) is 138 Å². The Balaban J connectivity index is 1.43. The van der Waals surface area contributed by atoms with Gasteiger partial charge in [-0.2, -0.15) is 4.80 Å². The minimum absolute atomic E-state index is 0.0586. The summed E-state index contributed by atoms with van der Waals surface area (Å²) in [6.07, 6.45) is 1.76. The fourth-order valence-electron chi connectivity index (χ4n) is 4.57. The van der Waals surface area contributed by atoms with Crippen LogP contribution in [-0.2, 0) is 27.4 Å². The third-order valence-corrected chi connectivity index (χ3v) is 6.64. The number of benzene rings is 1. The summed E-state index contributed by atoms with van der Waals surface area (Å²) in [6, 6.07) is 13.3. The van der Waals surface area contributed by atoms with Crippen LogP contribution in [0.5, 0.6) is 5.75 Å². The first-order valence-corrected chi connectivity index (χ1v) is 13.1. The predicted molar refractivity (Wildman–Crippen MR) is 142 cm³/mol. The molecule has 12 nitrogen and oxygen atoms in total. The lowest BCUT2D eigenvalue weighted by Crippen LogP contribution is -2.46. The Labute approximate surface area is 231 Å². The average molecular weight is 549 g/mol. The van der Waals surface area contributed by atoms with Crippen molar-refractivity contribution in [1.29, 1.82) is 0 Å². The summed E-state index contributed by atoms with van der Waals surface area (Å²) in [7, 11) is 1.59. The van der Waals surface area contributed by atoms with Crippen molar-refractivity contribution in [2.75, 3.05) is 20.3 Å². The molecule has 5 rings (SSSR count). The normalized spacial score (nSPS) is 15.6. The summed E-state index contributed by atoms with van der Waals surface area (Å²) in [5.41, 5.74) is 0.799. The number of ether oxygens (including phenoxy) is 2. The number of carbonyl (C=O) groups excluding carboxylic acids is 2. The van der Waals surface area contributed by atoms with E-state index < -0.39 is 11.9 Å². The van der Waals surface area contributed by atoms with Crippen LogP contribution in [-0.4, -0.2) is 63.3 Å². The van der Waals surface area contributed by atoms with Crippen molar-refractivity contribution in [2.24, 2.45) is 0 Å². The molecule has 4 heterocycles. The van der Waals surface area contributed by atoms with E-state index in [0.717, 1.165) is 18.4 Å². The number of aromatic nitrogens is 4. The molecule has 1 aromatic carbocycles. The number of aryl methyl sites for hydroxylation is 2. The van der Waals surface area contributed by atoms with Crippen molar-refractivity contribution in [3.63, 3.8) is 0 Å². The Kier molecular flexibility index (Phi) is 8.25. The van der Waals surface area contributed by atoms with Crippen LogP contribution in [0.4, 0.5) is 0 Å². The van der Waals surface area contributed by atoms with Gasteiger partial charge in [0.25, 0.3) is 5.91 Å². The highest BCUT2D eigenvalue weighted by Gasteiger charge is 2.35. The van der Waals surface area contributed by atoms with Gasteiger partial charge in [-0.3, -0.25) is 9.59 Å². The van der Waals surface area contributed by atoms with E-state index in [1.54, 1.807) is 50.4 Å². The van der Waals surface area contributed by atoms with Gasteiger partial charge >= 0.3 is 0 Å². The van der Waals surface area contributed by atoms with Crippen LogP contribution < -0.4 is 10.1 Å². The number of hydrogen-bond donors (Lipinski definition) is 1. The minimum Gasteiger partial charge on any atom is -0.497 e. The van der Waals surface area contributed by atoms with Gasteiger partial charge in [0.1, 0.15) is 29.6 Å². The molecule has 0 radical (unpaired) electrons. The van der Waals surface area contributed by atoms with Crippen molar-refractivity contribution in [3.05, 3.63) is 71.4 Å². The van der Waals surface area contributed by atoms with Gasteiger partial charge in [0, 0.05) is 19.7 Å². The molecule has 3 aromatic heterocycles. The van der Waals surface area contributed by atoms with Crippen molar-refractivity contribution >= 4 is 11.8 Å². The number of nitrogens with zero attached hydrogens (tertiary/aromatic N) is 5. The molecule has 1 saturated heterocycles. The molecule has 40 heavy (non-hydrogen) atoms. The first-order valence-electron chi connectivity index (χ1n) is 13.1. The van der Waals surface area contributed by atoms with E-state index in [1.807, 2.05) is 19.1 Å². The second-order valence-electron chi connectivity index (χ2n) is 9.65. The fourth-order valence-corrected chi connectivity index (χ4v) is 4.57. The Morgan fingerprint density at radius 3 is 2.52 bits per heavy atom. The number of hydrogen-bond acceptors (Lipinski definition) is 9. The van der Waals surface area contributed by atoms with Crippen molar-refractivity contribution < 1.29 is 27.9 Å². The van der Waals surface area contributed by atoms with E-state index in [4.69, 9.17) is 18.3 Å². The second kappa shape index (κ2) is 12.2. The molecule has 1 N–H and O–H groups in total. The number of furan rings is 2. The highest BCUT2D eigenvalue weighted by molar-refractivity contribution is 5.88. The zero-order valence-electron chi connectivity index (χ0n) is 22.7. The molecule has 1 aliphatic heterocycles. The molecule has 0 saturated carbocycles. The molecule has 4 aromatic rings. The lowest BCUT2D eigenvalue weighted by molar-refractivity contribution is -0.143. The molecule has 1 aliphatic rings. The third-order valence-electron chi connectivity index (χ3n) is 6.64. The van der Waals surface area contributed by atoms with Gasteiger partial charge in [-0.25, -0.2) is 0 Å². The molecule has 0 aliphatic carbocycles. The van der Waals surface area contributed by atoms with E-state index in [2.05, 4.69) is 20.7 Å². The van der Waals surface area contributed by atoms with E-state index >= 15 is 0 Å². The van der Waals surface area contributed by atoms with Gasteiger partial charge in [0.2, 0.25) is 11.7 Å². The number of amides is 2. The van der Waals surface area contributed by atoms with Gasteiger partial charge in [-0.15, -0.1) is 10.2 Å². The van der Waals surface area contributed by atoms with E-state index in [-0.39, 0.29) is 30.9 Å². The Morgan fingerprint density at radius 2 is 1.88 bits per heavy atom. The first-order chi connectivity index (χ1) is 19.4. The molecule has 2 amide bonds. The maximum Gasteiger partial charge on any atom is 0.250 e. The minimum atomic E-state index is -1.04. The van der Waals surface area contributed by atoms with Crippen LogP contribution >= 0.6 is 0 Å². The van der Waals surface area contributed by atoms with Crippen LogP contribution in [0, 0.1) is 13.8 Å². The fraction of sp³-hybridized carbons (Fsp3) is 0.393. The molecular weight excluding hydrogens is 516 g/mol. The molecule has 12 heteroatoms. The summed E-state index contributed by atoms with van der Waals surface area (Å²) < 4.78 is 22.4. The molecular formula is C28H32N6O6. The van der Waals surface area contributed by atoms with Crippen LogP contribution in [0.2, 0.25) is 0 Å². The highest BCUT2D eigenvalue weighted by atomic mass is 16.5. The zero-order chi connectivity index (χ0) is 28.1. The summed E-state index contributed by atoms with van der Waals surface area (Å²) in [5.74, 6) is 2.30. The Morgan fingerprint density at radius 1 is 1.10 bits per heavy atom. The van der Waals surface area contributed by atoms with Crippen LogP contribution in [0.3, 0.4) is 0 Å². The third kappa shape index (κ3) is 6.40. The summed E-state index contributed by atoms with van der Waals surface area (Å²) in [5, 5.41) is 15.3. The maximum absolute atomic E-state index is 13.9. The standard InChI is InChI=1S/C28H32N6O6/c1-18-6-12-23(39-18)26(28(36)29-15-22-5-4-14-38-22)33(16-20-8-10-21(37-3)11-9-20)25(35)17-34-31-27(30-32-34)24-13-7-19(2)40-24/h6-13,22,26H,4-5,14-17H2,1-3H3,(H,29,36)/t22-,26-/m1/s1. The first kappa shape index (κ1) is 27.1. The molecule has 0 bridgehead atoms. The second-order valence-corrected chi connectivity index (χ2v) is 9.65. The summed E-state index contributed by atoms with van der Waals surface area (Å²) in [4.78, 5) is 30.2. The zero-order valence-corrected chi connectivity index (χ0v) is 22.7. The maximum atomic E-state index is 13.9. The number of methoxy groups -OCH3 is 1. The Hall–Kier alpha value is -4.45. The van der Waals surface area contributed by atoms with Crippen molar-refractivity contribution in [3.8, 4) is 17.3 Å². The number of rotatable bonds is 11. The van der Waals surface area contributed by atoms with Gasteiger partial charge in [0.05, 0.1) is 13.2 Å².